The number of amides is 1. The van der Waals surface area contributed by atoms with Gasteiger partial charge in [-0.2, -0.15) is 18.3 Å². The minimum Gasteiger partial charge on any atom is -0.505 e. The second kappa shape index (κ2) is 8.15. The summed E-state index contributed by atoms with van der Waals surface area (Å²) in [5, 5.41) is 16.0. The number of nitrogens with two attached hydrogens (primary N) is 1. The molecule has 0 radical (unpaired) electrons. The van der Waals surface area contributed by atoms with Gasteiger partial charge in [0.2, 0.25) is 6.41 Å². The van der Waals surface area contributed by atoms with Crippen LogP contribution in [0.2, 0.25) is 0 Å². The Morgan fingerprint density at radius 1 is 1.19 bits per heavy atom. The third-order valence-corrected chi connectivity index (χ3v) is 3.43. The average Bonchev–Trinajstić information content (AvgIpc) is 2.61. The maximum atomic E-state index is 12.5. The summed E-state index contributed by atoms with van der Waals surface area (Å²) in [5.74, 6) is 5.08. The highest BCUT2D eigenvalue weighted by atomic mass is 19.4. The number of alkyl halides is 3. The van der Waals surface area contributed by atoms with Gasteiger partial charge in [0, 0.05) is 11.8 Å². The highest BCUT2D eigenvalue weighted by Gasteiger charge is 2.29. The number of hydrazone groups is 1. The van der Waals surface area contributed by atoms with E-state index in [1.54, 1.807) is 6.07 Å². The molecule has 0 atom stereocenters. The highest BCUT2D eigenvalue weighted by Crippen LogP contribution is 2.29. The lowest BCUT2D eigenvalue weighted by Crippen LogP contribution is -2.08. The number of benzene rings is 2. The lowest BCUT2D eigenvalue weighted by Gasteiger charge is -2.08. The van der Waals surface area contributed by atoms with E-state index in [-0.39, 0.29) is 29.3 Å². The van der Waals surface area contributed by atoms with E-state index in [0.717, 1.165) is 12.1 Å². The first-order valence-corrected chi connectivity index (χ1v) is 7.33. The zero-order valence-corrected chi connectivity index (χ0v) is 13.4. The maximum Gasteiger partial charge on any atom is 0.416 e. The van der Waals surface area contributed by atoms with Crippen LogP contribution in [-0.2, 0) is 17.5 Å². The number of rotatable bonds is 6. The molecule has 0 aliphatic rings. The number of carbonyl (C=O) groups is 1. The van der Waals surface area contributed by atoms with Crippen molar-refractivity contribution in [2.24, 2.45) is 15.9 Å². The molecule has 6 nitrogen and oxygen atoms in total. The predicted octanol–water partition coefficient (Wildman–Crippen LogP) is 2.91. The van der Waals surface area contributed by atoms with Crippen molar-refractivity contribution in [2.45, 2.75) is 12.7 Å². The number of aromatic hydroxyl groups is 1. The molecule has 0 aliphatic heterocycles. The van der Waals surface area contributed by atoms with Crippen LogP contribution in [0.4, 0.5) is 18.9 Å². The van der Waals surface area contributed by atoms with E-state index in [4.69, 9.17) is 5.84 Å². The van der Waals surface area contributed by atoms with Crippen LogP contribution in [0.3, 0.4) is 0 Å². The summed E-state index contributed by atoms with van der Waals surface area (Å²) < 4.78 is 37.6. The molecule has 0 spiro atoms. The van der Waals surface area contributed by atoms with Crippen molar-refractivity contribution in [1.29, 1.82) is 0 Å². The lowest BCUT2D eigenvalue weighted by molar-refractivity contribution is -0.137. The van der Waals surface area contributed by atoms with Crippen LogP contribution in [0.5, 0.6) is 5.75 Å². The molecule has 26 heavy (non-hydrogen) atoms. The van der Waals surface area contributed by atoms with Gasteiger partial charge < -0.3 is 16.3 Å². The Balaban J connectivity index is 2.14. The number of nitrogens with zero attached hydrogens (tertiary/aromatic N) is 2. The normalized spacial score (nSPS) is 12.3. The van der Waals surface area contributed by atoms with Crippen LogP contribution in [0.25, 0.3) is 0 Å². The van der Waals surface area contributed by atoms with Gasteiger partial charge in [0.05, 0.1) is 17.8 Å². The number of aliphatic imine (C=N–C) groups is 1. The number of anilines is 1. The second-order valence-electron chi connectivity index (χ2n) is 5.14. The topological polar surface area (TPSA) is 100 Å². The summed E-state index contributed by atoms with van der Waals surface area (Å²) in [6.07, 6.45) is -2.69. The van der Waals surface area contributed by atoms with Crippen molar-refractivity contribution in [3.05, 3.63) is 59.2 Å². The standard InChI is InChI=1S/C17H15F3N4O2/c18-17(19,20)12-6-4-11(5-7-12)8-22-9-15(24-21)13-2-1-3-14(16(13)26)23-10-25/h1-7,9-10,26H,8,21H2,(H,23,25)/b22-9?,24-15+. The third kappa shape index (κ3) is 4.59. The van der Waals surface area contributed by atoms with Gasteiger partial charge in [-0.1, -0.05) is 18.2 Å². The Bertz CT molecular complexity index is 831. The minimum absolute atomic E-state index is 0.101. The first-order valence-electron chi connectivity index (χ1n) is 7.33. The molecular formula is C17H15F3N4O2. The van der Waals surface area contributed by atoms with E-state index in [0.29, 0.717) is 12.0 Å². The van der Waals surface area contributed by atoms with Crippen LogP contribution < -0.4 is 11.2 Å². The first-order chi connectivity index (χ1) is 12.4. The first kappa shape index (κ1) is 19.0. The van der Waals surface area contributed by atoms with Crippen LogP contribution in [0.1, 0.15) is 16.7 Å². The summed E-state index contributed by atoms with van der Waals surface area (Å²) >= 11 is 0. The van der Waals surface area contributed by atoms with E-state index in [1.165, 1.54) is 30.5 Å². The van der Waals surface area contributed by atoms with E-state index < -0.39 is 11.7 Å². The molecule has 0 aliphatic carbocycles. The summed E-state index contributed by atoms with van der Waals surface area (Å²) in [7, 11) is 0. The fourth-order valence-electron chi connectivity index (χ4n) is 2.14. The van der Waals surface area contributed by atoms with Crippen molar-refractivity contribution < 1.29 is 23.1 Å². The maximum absolute atomic E-state index is 12.5. The predicted molar refractivity (Wildman–Crippen MR) is 92.2 cm³/mol. The molecule has 0 fully saturated rings. The quantitative estimate of drug-likeness (QED) is 0.242. The molecule has 136 valence electrons. The number of halogens is 3. The Kier molecular flexibility index (Phi) is 5.94. The number of hydrogen-bond acceptors (Lipinski definition) is 5. The molecule has 9 heteroatoms. The van der Waals surface area contributed by atoms with E-state index in [1.807, 2.05) is 0 Å². The molecule has 0 unspecified atom stereocenters. The van der Waals surface area contributed by atoms with Gasteiger partial charge in [0.25, 0.3) is 0 Å². The molecular weight excluding hydrogens is 349 g/mol. The highest BCUT2D eigenvalue weighted by molar-refractivity contribution is 6.39. The molecule has 0 saturated carbocycles. The number of phenolic OH excluding ortho intramolecular Hbond substituents is 1. The smallest absolute Gasteiger partial charge is 0.416 e. The zero-order valence-electron chi connectivity index (χ0n) is 13.4. The fraction of sp³-hybridized carbons (Fsp3) is 0.118. The lowest BCUT2D eigenvalue weighted by atomic mass is 10.1. The van der Waals surface area contributed by atoms with Gasteiger partial charge >= 0.3 is 6.18 Å². The molecule has 2 aromatic carbocycles. The number of phenols is 1. The second-order valence-corrected chi connectivity index (χ2v) is 5.14. The number of nitrogens with one attached hydrogen (secondary N) is 1. The third-order valence-electron chi connectivity index (χ3n) is 3.43. The molecule has 0 heterocycles. The van der Waals surface area contributed by atoms with Crippen molar-refractivity contribution >= 4 is 24.0 Å². The molecule has 2 rings (SSSR count). The van der Waals surface area contributed by atoms with Gasteiger partial charge in [0.15, 0.2) is 0 Å². The average molecular weight is 364 g/mol. The summed E-state index contributed by atoms with van der Waals surface area (Å²) in [5.41, 5.74) is 0.388. The molecule has 0 bridgehead atoms. The van der Waals surface area contributed by atoms with Gasteiger partial charge in [-0.15, -0.1) is 0 Å². The summed E-state index contributed by atoms with van der Waals surface area (Å²) in [6.45, 7) is 0.101. The fourth-order valence-corrected chi connectivity index (χ4v) is 2.14. The van der Waals surface area contributed by atoms with Gasteiger partial charge in [-0.3, -0.25) is 9.79 Å². The summed E-state index contributed by atoms with van der Waals surface area (Å²) in [6, 6.07) is 9.20. The Morgan fingerprint density at radius 2 is 1.88 bits per heavy atom. The van der Waals surface area contributed by atoms with Crippen LogP contribution in [0, 0.1) is 0 Å². The zero-order chi connectivity index (χ0) is 19.2. The summed E-state index contributed by atoms with van der Waals surface area (Å²) in [4.78, 5) is 14.6. The van der Waals surface area contributed by atoms with Crippen LogP contribution >= 0.6 is 0 Å². The molecule has 2 aromatic rings. The minimum atomic E-state index is -4.39. The molecule has 0 aromatic heterocycles. The number of carbonyl (C=O) groups excluding carboxylic acids is 1. The van der Waals surface area contributed by atoms with Crippen molar-refractivity contribution in [3.63, 3.8) is 0 Å². The van der Waals surface area contributed by atoms with Crippen LogP contribution in [0.15, 0.2) is 52.6 Å². The van der Waals surface area contributed by atoms with Crippen LogP contribution in [-0.4, -0.2) is 23.4 Å². The van der Waals surface area contributed by atoms with E-state index >= 15 is 0 Å². The monoisotopic (exact) mass is 364 g/mol. The van der Waals surface area contributed by atoms with Crippen molar-refractivity contribution in [2.75, 3.05) is 5.32 Å². The van der Waals surface area contributed by atoms with Crippen molar-refractivity contribution in [1.82, 2.24) is 0 Å². The number of para-hydroxylation sites is 1. The van der Waals surface area contributed by atoms with Gasteiger partial charge in [-0.05, 0) is 29.8 Å². The Labute approximate surface area is 146 Å². The van der Waals surface area contributed by atoms with Crippen molar-refractivity contribution in [3.8, 4) is 5.75 Å². The van der Waals surface area contributed by atoms with E-state index in [9.17, 15) is 23.1 Å². The van der Waals surface area contributed by atoms with E-state index in [2.05, 4.69) is 15.4 Å². The van der Waals surface area contributed by atoms with Gasteiger partial charge in [0.1, 0.15) is 11.5 Å². The SMILES string of the molecule is N/N=C(\C=NCc1ccc(C(F)(F)F)cc1)c1cccc(NC=O)c1O. The molecule has 4 N–H and O–H groups in total. The number of hydrogen-bond donors (Lipinski definition) is 3. The molecule has 1 amide bonds. The Morgan fingerprint density at radius 3 is 2.46 bits per heavy atom. The molecule has 0 saturated heterocycles. The Hall–Kier alpha value is -3.36. The van der Waals surface area contributed by atoms with Gasteiger partial charge in [-0.25, -0.2) is 0 Å². The largest absolute Gasteiger partial charge is 0.505 e.